The van der Waals surface area contributed by atoms with Crippen LogP contribution in [-0.4, -0.2) is 46.9 Å². The maximum absolute atomic E-state index is 8.59. The van der Waals surface area contributed by atoms with Crippen LogP contribution in [0.3, 0.4) is 0 Å². The van der Waals surface area contributed by atoms with Crippen LogP contribution in [-0.2, 0) is 21.7 Å². The normalized spacial score (nSPS) is 10.5. The Bertz CT molecular complexity index is 420. The van der Waals surface area contributed by atoms with Crippen LogP contribution in [0.5, 0.6) is 0 Å². The van der Waals surface area contributed by atoms with Gasteiger partial charge in [0.15, 0.2) is 0 Å². The number of hydrogen-bond donors (Lipinski definition) is 4. The SMILES string of the molecule is CCCCCCCCCCCCCO.CCCCCCCCCCCCCO.CCCCCCCCCCCCCO.CCCCCCCCCCCCCO.[Ti]. The van der Waals surface area contributed by atoms with E-state index in [-0.39, 0.29) is 21.7 Å². The van der Waals surface area contributed by atoms with E-state index >= 15 is 0 Å². The molecule has 0 rings (SSSR count). The summed E-state index contributed by atoms with van der Waals surface area (Å²) in [6, 6.07) is 0. The van der Waals surface area contributed by atoms with Crippen LogP contribution in [0, 0.1) is 0 Å². The minimum atomic E-state index is 0. The third-order valence-electron chi connectivity index (χ3n) is 11.0. The Morgan fingerprint density at radius 2 is 0.246 bits per heavy atom. The van der Waals surface area contributed by atoms with Crippen LogP contribution in [0.15, 0.2) is 0 Å². The van der Waals surface area contributed by atoms with Crippen LogP contribution in [0.1, 0.15) is 310 Å². The van der Waals surface area contributed by atoms with E-state index in [0.29, 0.717) is 26.4 Å². The molecule has 4 nitrogen and oxygen atoms in total. The third kappa shape index (κ3) is 84.8. The maximum Gasteiger partial charge on any atom is 0.0431 e. The summed E-state index contributed by atoms with van der Waals surface area (Å²) in [6.45, 7) is 10.5. The second-order valence-electron chi connectivity index (χ2n) is 17.0. The van der Waals surface area contributed by atoms with E-state index in [9.17, 15) is 0 Å². The molecule has 0 aromatic heterocycles. The van der Waals surface area contributed by atoms with Gasteiger partial charge in [0.1, 0.15) is 0 Å². The summed E-state index contributed by atoms with van der Waals surface area (Å²) in [5, 5.41) is 34.4. The van der Waals surface area contributed by atoms with Crippen molar-refractivity contribution in [1.82, 2.24) is 0 Å². The fourth-order valence-corrected chi connectivity index (χ4v) is 7.10. The zero-order valence-electron chi connectivity index (χ0n) is 40.2. The average Bonchev–Trinajstić information content (AvgIpc) is 3.21. The molecule has 0 atom stereocenters. The summed E-state index contributed by atoms with van der Waals surface area (Å²) in [5.41, 5.74) is 0. The monoisotopic (exact) mass is 849 g/mol. The summed E-state index contributed by atoms with van der Waals surface area (Å²) in [4.78, 5) is 0. The van der Waals surface area contributed by atoms with Crippen molar-refractivity contribution in [2.24, 2.45) is 0 Å². The summed E-state index contributed by atoms with van der Waals surface area (Å²) in [5.74, 6) is 0. The number of aliphatic hydroxyl groups is 4. The number of unbranched alkanes of at least 4 members (excludes halogenated alkanes) is 40. The van der Waals surface area contributed by atoms with Gasteiger partial charge in [-0.15, -0.1) is 0 Å². The predicted octanol–water partition coefficient (Wildman–Crippen LogP) is 17.2. The second kappa shape index (κ2) is 74.0. The molecule has 348 valence electrons. The van der Waals surface area contributed by atoms with Crippen molar-refractivity contribution in [3.8, 4) is 0 Å². The molecule has 0 fully saturated rings. The molecule has 0 aliphatic rings. The van der Waals surface area contributed by atoms with Crippen molar-refractivity contribution >= 4 is 0 Å². The van der Waals surface area contributed by atoms with Gasteiger partial charge >= 0.3 is 0 Å². The van der Waals surface area contributed by atoms with Crippen molar-refractivity contribution in [3.05, 3.63) is 0 Å². The van der Waals surface area contributed by atoms with E-state index in [1.54, 1.807) is 0 Å². The molecule has 4 N–H and O–H groups in total. The molecule has 0 aromatic carbocycles. The van der Waals surface area contributed by atoms with E-state index in [1.807, 2.05) is 0 Å². The topological polar surface area (TPSA) is 80.9 Å². The Morgan fingerprint density at radius 1 is 0.158 bits per heavy atom. The van der Waals surface area contributed by atoms with Gasteiger partial charge in [-0.2, -0.15) is 0 Å². The molecule has 0 aliphatic heterocycles. The minimum Gasteiger partial charge on any atom is -0.396 e. The fourth-order valence-electron chi connectivity index (χ4n) is 7.10. The van der Waals surface area contributed by atoms with Gasteiger partial charge in [-0.1, -0.05) is 285 Å². The molecule has 0 bridgehead atoms. The summed E-state index contributed by atoms with van der Waals surface area (Å²) in [7, 11) is 0. The maximum atomic E-state index is 8.59. The molecular weight excluding hydrogens is 736 g/mol. The molecule has 0 aromatic rings. The molecule has 0 radical (unpaired) electrons. The Morgan fingerprint density at radius 3 is 0.333 bits per heavy atom. The van der Waals surface area contributed by atoms with Crippen LogP contribution in [0.4, 0.5) is 0 Å². The standard InChI is InChI=1S/4C13H28O.Ti/c4*1-2-3-4-5-6-7-8-9-10-11-12-13-14;/h4*14H,2-13H2,1H3;. The molecule has 0 unspecified atom stereocenters. The molecule has 0 aliphatic carbocycles. The van der Waals surface area contributed by atoms with Gasteiger partial charge in [-0.25, -0.2) is 0 Å². The number of hydrogen-bond acceptors (Lipinski definition) is 4. The van der Waals surface area contributed by atoms with E-state index in [0.717, 1.165) is 25.7 Å². The zero-order chi connectivity index (χ0) is 41.9. The molecule has 57 heavy (non-hydrogen) atoms. The smallest absolute Gasteiger partial charge is 0.0431 e. The van der Waals surface area contributed by atoms with Crippen molar-refractivity contribution in [2.45, 2.75) is 310 Å². The third-order valence-corrected chi connectivity index (χ3v) is 11.0. The van der Waals surface area contributed by atoms with Gasteiger partial charge in [-0.3, -0.25) is 0 Å². The summed E-state index contributed by atoms with van der Waals surface area (Å²) >= 11 is 0. The fraction of sp³-hybridized carbons (Fsp3) is 1.00. The van der Waals surface area contributed by atoms with Gasteiger partial charge < -0.3 is 20.4 Å². The first-order chi connectivity index (χ1) is 27.7. The summed E-state index contributed by atoms with van der Waals surface area (Å²) in [6.07, 6.45) is 59.1. The first-order valence-electron chi connectivity index (χ1n) is 26.1. The Hall–Kier alpha value is 0.554. The second-order valence-corrected chi connectivity index (χ2v) is 17.0. The molecule has 0 saturated heterocycles. The molecule has 0 saturated carbocycles. The molecule has 0 spiro atoms. The number of rotatable bonds is 44. The molecule has 0 amide bonds. The zero-order valence-corrected chi connectivity index (χ0v) is 41.8. The van der Waals surface area contributed by atoms with E-state index in [1.165, 1.54) is 257 Å². The van der Waals surface area contributed by atoms with Gasteiger partial charge in [0.25, 0.3) is 0 Å². The molecular formula is C52H112O4Ti. The van der Waals surface area contributed by atoms with Crippen LogP contribution in [0.2, 0.25) is 0 Å². The van der Waals surface area contributed by atoms with E-state index in [4.69, 9.17) is 20.4 Å². The average molecular weight is 849 g/mol. The quantitative estimate of drug-likeness (QED) is 0.0364. The number of aliphatic hydroxyl groups excluding tert-OH is 4. The Balaban J connectivity index is -0.000000210. The van der Waals surface area contributed by atoms with Crippen molar-refractivity contribution < 1.29 is 42.1 Å². The van der Waals surface area contributed by atoms with E-state index < -0.39 is 0 Å². The minimum absolute atomic E-state index is 0. The van der Waals surface area contributed by atoms with Crippen molar-refractivity contribution in [3.63, 3.8) is 0 Å². The van der Waals surface area contributed by atoms with Crippen molar-refractivity contribution in [1.29, 1.82) is 0 Å². The molecule has 0 heterocycles. The van der Waals surface area contributed by atoms with E-state index in [2.05, 4.69) is 27.7 Å². The van der Waals surface area contributed by atoms with Crippen LogP contribution in [0.25, 0.3) is 0 Å². The first-order valence-corrected chi connectivity index (χ1v) is 26.1. The van der Waals surface area contributed by atoms with Gasteiger partial charge in [0.2, 0.25) is 0 Å². The Kier molecular flexibility index (Phi) is 86.6. The first kappa shape index (κ1) is 66.6. The van der Waals surface area contributed by atoms with Gasteiger partial charge in [0, 0.05) is 48.1 Å². The predicted molar refractivity (Wildman–Crippen MR) is 254 cm³/mol. The van der Waals surface area contributed by atoms with Crippen LogP contribution < -0.4 is 0 Å². The van der Waals surface area contributed by atoms with Crippen LogP contribution >= 0.6 is 0 Å². The largest absolute Gasteiger partial charge is 0.396 e. The van der Waals surface area contributed by atoms with Gasteiger partial charge in [-0.05, 0) is 25.7 Å². The summed E-state index contributed by atoms with van der Waals surface area (Å²) < 4.78 is 0. The van der Waals surface area contributed by atoms with Crippen molar-refractivity contribution in [2.75, 3.05) is 26.4 Å². The Labute approximate surface area is 377 Å². The molecule has 5 heteroatoms. The van der Waals surface area contributed by atoms with Gasteiger partial charge in [0.05, 0.1) is 0 Å².